The summed E-state index contributed by atoms with van der Waals surface area (Å²) in [4.78, 5) is 18.7. The Balaban J connectivity index is 2.28. The lowest BCUT2D eigenvalue weighted by molar-refractivity contribution is -0.126. The Labute approximate surface area is 155 Å². The van der Waals surface area contributed by atoms with Crippen molar-refractivity contribution in [2.45, 2.75) is 52.6 Å². The van der Waals surface area contributed by atoms with Gasteiger partial charge in [-0.15, -0.1) is 0 Å². The molecule has 0 saturated heterocycles. The van der Waals surface area contributed by atoms with Crippen LogP contribution in [0.3, 0.4) is 0 Å². The van der Waals surface area contributed by atoms with Crippen LogP contribution in [0.25, 0.3) is 0 Å². The number of nitrogens with one attached hydrogen (secondary N) is 1. The number of halogens is 1. The molecule has 1 N–H and O–H groups in total. The molecule has 0 unspecified atom stereocenters. The molecule has 0 bridgehead atoms. The Hall–Kier alpha value is -2.43. The Morgan fingerprint density at radius 2 is 1.92 bits per heavy atom. The quantitative estimate of drug-likeness (QED) is 0.452. The fraction of sp³-hybridized carbons (Fsp3) is 0.429. The summed E-state index contributed by atoms with van der Waals surface area (Å²) in [5, 5.41) is 3.39. The van der Waals surface area contributed by atoms with Crippen molar-refractivity contribution in [3.8, 4) is 0 Å². The number of hydrogen-bond donors (Lipinski definition) is 1. The van der Waals surface area contributed by atoms with Gasteiger partial charge in [-0.3, -0.25) is 4.79 Å². The average molecular weight is 357 g/mol. The monoisotopic (exact) mass is 357 g/mol. The first-order valence-corrected chi connectivity index (χ1v) is 8.81. The minimum atomic E-state index is -0.310. The predicted octanol–water partition coefficient (Wildman–Crippen LogP) is 4.19. The lowest BCUT2D eigenvalue weighted by Gasteiger charge is -2.23. The Kier molecular flexibility index (Phi) is 6.01. The van der Waals surface area contributed by atoms with Gasteiger partial charge < -0.3 is 10.2 Å². The summed E-state index contributed by atoms with van der Waals surface area (Å²) in [5.41, 5.74) is 2.76. The zero-order valence-electron chi connectivity index (χ0n) is 16.3. The minimum Gasteiger partial charge on any atom is -0.365 e. The van der Waals surface area contributed by atoms with Crippen LogP contribution < -0.4 is 5.32 Å². The van der Waals surface area contributed by atoms with Crippen LogP contribution in [0.4, 0.5) is 4.39 Å². The summed E-state index contributed by atoms with van der Waals surface area (Å²) in [7, 11) is 1.68. The summed E-state index contributed by atoms with van der Waals surface area (Å²) in [5.74, 6) is 0.165. The van der Waals surface area contributed by atoms with Crippen LogP contribution in [0.1, 0.15) is 46.1 Å². The molecule has 1 fully saturated rings. The van der Waals surface area contributed by atoms with Gasteiger partial charge in [0.1, 0.15) is 11.6 Å². The Morgan fingerprint density at radius 1 is 1.31 bits per heavy atom. The molecule has 1 aliphatic carbocycles. The highest BCUT2D eigenvalue weighted by Gasteiger charge is 2.38. The van der Waals surface area contributed by atoms with E-state index in [1.54, 1.807) is 25.2 Å². The summed E-state index contributed by atoms with van der Waals surface area (Å²) in [6.45, 7) is 11.6. The van der Waals surface area contributed by atoms with Crippen LogP contribution in [0.15, 0.2) is 51.8 Å². The van der Waals surface area contributed by atoms with Crippen LogP contribution >= 0.6 is 0 Å². The maximum absolute atomic E-state index is 13.9. The van der Waals surface area contributed by atoms with E-state index in [2.05, 4.69) is 24.0 Å². The number of likely N-dealkylation sites (N-methyl/N-ethyl adjacent to an activating group) is 1. The van der Waals surface area contributed by atoms with Crippen LogP contribution in [0.5, 0.6) is 0 Å². The van der Waals surface area contributed by atoms with Crippen LogP contribution in [-0.2, 0) is 11.3 Å². The molecule has 1 saturated carbocycles. The molecule has 1 aliphatic rings. The second-order valence-electron chi connectivity index (χ2n) is 7.45. The third-order valence-electron chi connectivity index (χ3n) is 4.73. The van der Waals surface area contributed by atoms with Crippen molar-refractivity contribution >= 4 is 12.6 Å². The van der Waals surface area contributed by atoms with E-state index in [4.69, 9.17) is 0 Å². The lowest BCUT2D eigenvalue weighted by atomic mass is 10.0. The zero-order chi connectivity index (χ0) is 19.5. The number of carbonyl (C=O) groups excluding carboxylic acids is 1. The molecule has 0 aromatic heterocycles. The summed E-state index contributed by atoms with van der Waals surface area (Å²) in [6.07, 6.45) is 2.15. The lowest BCUT2D eigenvalue weighted by Crippen LogP contribution is -2.31. The number of allylic oxidation sites excluding steroid dienone is 1. The normalized spacial score (nSPS) is 15.6. The maximum Gasteiger partial charge on any atom is 0.254 e. The fourth-order valence-corrected chi connectivity index (χ4v) is 2.86. The molecular weight excluding hydrogens is 329 g/mol. The average Bonchev–Trinajstić information content (AvgIpc) is 3.31. The molecule has 0 aliphatic heterocycles. The first-order valence-electron chi connectivity index (χ1n) is 8.81. The highest BCUT2D eigenvalue weighted by molar-refractivity contribution is 5.98. The van der Waals surface area contributed by atoms with Gasteiger partial charge in [0.05, 0.1) is 0 Å². The van der Waals surface area contributed by atoms with Gasteiger partial charge in [-0.05, 0) is 53.3 Å². The second-order valence-corrected chi connectivity index (χ2v) is 7.45. The second kappa shape index (κ2) is 7.85. The predicted molar refractivity (Wildman–Crippen MR) is 104 cm³/mol. The molecule has 140 valence electrons. The molecule has 5 heteroatoms. The van der Waals surface area contributed by atoms with Crippen LogP contribution in [0, 0.1) is 5.82 Å². The smallest absolute Gasteiger partial charge is 0.254 e. The van der Waals surface area contributed by atoms with Gasteiger partial charge in [0.25, 0.3) is 5.91 Å². The van der Waals surface area contributed by atoms with Gasteiger partial charge in [0, 0.05) is 35.8 Å². The molecule has 26 heavy (non-hydrogen) atoms. The molecule has 4 nitrogen and oxygen atoms in total. The molecule has 0 spiro atoms. The molecule has 0 heterocycles. The first kappa shape index (κ1) is 19.9. The number of rotatable bonds is 7. The minimum absolute atomic E-state index is 0.0344. The topological polar surface area (TPSA) is 44.7 Å². The van der Waals surface area contributed by atoms with Crippen LogP contribution in [-0.4, -0.2) is 30.1 Å². The molecule has 1 aromatic rings. The van der Waals surface area contributed by atoms with E-state index in [0.717, 1.165) is 24.0 Å². The number of benzene rings is 1. The van der Waals surface area contributed by atoms with E-state index in [9.17, 15) is 9.18 Å². The molecule has 2 rings (SSSR count). The Bertz CT molecular complexity index is 771. The van der Waals surface area contributed by atoms with Gasteiger partial charge in [0.2, 0.25) is 0 Å². The molecule has 1 amide bonds. The first-order chi connectivity index (χ1) is 12.2. The molecule has 0 atom stereocenters. The van der Waals surface area contributed by atoms with Gasteiger partial charge in [-0.2, -0.15) is 0 Å². The van der Waals surface area contributed by atoms with Gasteiger partial charge in [0.15, 0.2) is 0 Å². The zero-order valence-corrected chi connectivity index (χ0v) is 16.3. The van der Waals surface area contributed by atoms with E-state index in [0.29, 0.717) is 17.0 Å². The molecular formula is C21H28FN3O. The van der Waals surface area contributed by atoms with E-state index in [-0.39, 0.29) is 23.8 Å². The van der Waals surface area contributed by atoms with Crippen molar-refractivity contribution in [3.63, 3.8) is 0 Å². The standard InChI is InChI=1S/C21H28FN3O/c1-14(2)18(15(3)19(23-5)24-21(4)11-12-21)20(26)25(6)13-16-9-7-8-10-17(16)22/h7-10,24H,5,11-13H2,1-4,6H3/b19-15-. The van der Waals surface area contributed by atoms with E-state index in [1.807, 2.05) is 20.8 Å². The third-order valence-corrected chi connectivity index (χ3v) is 4.73. The summed E-state index contributed by atoms with van der Waals surface area (Å²) < 4.78 is 13.9. The number of nitrogens with zero attached hydrogens (tertiary/aromatic N) is 2. The molecule has 0 radical (unpaired) electrons. The van der Waals surface area contributed by atoms with Crippen molar-refractivity contribution in [2.75, 3.05) is 7.05 Å². The number of aliphatic imine (C=N–C) groups is 1. The number of amides is 1. The molecule has 1 aromatic carbocycles. The van der Waals surface area contributed by atoms with Gasteiger partial charge in [-0.25, -0.2) is 9.38 Å². The van der Waals surface area contributed by atoms with Crippen molar-refractivity contribution in [1.29, 1.82) is 0 Å². The van der Waals surface area contributed by atoms with Crippen LogP contribution in [0.2, 0.25) is 0 Å². The highest BCUT2D eigenvalue weighted by atomic mass is 19.1. The Morgan fingerprint density at radius 3 is 2.42 bits per heavy atom. The van der Waals surface area contributed by atoms with E-state index < -0.39 is 0 Å². The van der Waals surface area contributed by atoms with Crippen molar-refractivity contribution in [2.24, 2.45) is 4.99 Å². The highest BCUT2D eigenvalue weighted by Crippen LogP contribution is 2.36. The summed E-state index contributed by atoms with van der Waals surface area (Å²) in [6, 6.07) is 6.50. The van der Waals surface area contributed by atoms with Crippen molar-refractivity contribution < 1.29 is 9.18 Å². The SMILES string of the molecule is C=N/C(NC1(C)CC1)=C(\C)C(C(=O)N(C)Cc1ccccc1F)=C(C)C. The largest absolute Gasteiger partial charge is 0.365 e. The van der Waals surface area contributed by atoms with E-state index in [1.165, 1.54) is 11.0 Å². The van der Waals surface area contributed by atoms with Crippen molar-refractivity contribution in [3.05, 3.63) is 58.2 Å². The fourth-order valence-electron chi connectivity index (χ4n) is 2.86. The van der Waals surface area contributed by atoms with Crippen molar-refractivity contribution in [1.82, 2.24) is 10.2 Å². The maximum atomic E-state index is 13.9. The third kappa shape index (κ3) is 4.59. The summed E-state index contributed by atoms with van der Waals surface area (Å²) >= 11 is 0. The van der Waals surface area contributed by atoms with E-state index >= 15 is 0 Å². The number of hydrogen-bond acceptors (Lipinski definition) is 3. The van der Waals surface area contributed by atoms with Gasteiger partial charge in [-0.1, -0.05) is 23.8 Å². The number of carbonyl (C=O) groups is 1. The van der Waals surface area contributed by atoms with Gasteiger partial charge >= 0.3 is 0 Å².